The van der Waals surface area contributed by atoms with Crippen molar-refractivity contribution in [3.8, 4) is 11.7 Å². The first-order valence-corrected chi connectivity index (χ1v) is 9.96. The van der Waals surface area contributed by atoms with E-state index in [0.29, 0.717) is 10.4 Å². The zero-order chi connectivity index (χ0) is 18.7. The number of sulfone groups is 1. The van der Waals surface area contributed by atoms with E-state index < -0.39 is 15.7 Å². The molecule has 10 heteroatoms. The Bertz CT molecular complexity index is 1020. The van der Waals surface area contributed by atoms with Crippen LogP contribution in [0.4, 0.5) is 6.01 Å². The highest BCUT2D eigenvalue weighted by Gasteiger charge is 2.18. The van der Waals surface area contributed by atoms with E-state index in [2.05, 4.69) is 31.4 Å². The van der Waals surface area contributed by atoms with Gasteiger partial charge in [-0.3, -0.25) is 10.1 Å². The number of rotatable bonds is 6. The number of amides is 1. The lowest BCUT2D eigenvalue weighted by atomic mass is 10.2. The number of aryl methyl sites for hydroxylation is 1. The zero-order valence-electron chi connectivity index (χ0n) is 13.6. The number of nitrogens with zero attached hydrogens (tertiary/aromatic N) is 2. The second-order valence-electron chi connectivity index (χ2n) is 5.45. The number of carbonyl (C=O) groups is 1. The van der Waals surface area contributed by atoms with E-state index in [4.69, 9.17) is 8.83 Å². The van der Waals surface area contributed by atoms with Crippen LogP contribution >= 0.6 is 15.9 Å². The summed E-state index contributed by atoms with van der Waals surface area (Å²) in [4.78, 5) is 12.1. The number of benzene rings is 1. The Kier molecular flexibility index (Phi) is 5.23. The molecule has 0 spiro atoms. The molecule has 0 bridgehead atoms. The van der Waals surface area contributed by atoms with Crippen molar-refractivity contribution in [2.45, 2.75) is 18.2 Å². The van der Waals surface area contributed by atoms with E-state index in [1.807, 2.05) is 6.92 Å². The van der Waals surface area contributed by atoms with Crippen LogP contribution in [0, 0.1) is 6.92 Å². The van der Waals surface area contributed by atoms with E-state index >= 15 is 0 Å². The second-order valence-corrected chi connectivity index (χ2v) is 8.34. The molecule has 2 heterocycles. The van der Waals surface area contributed by atoms with Gasteiger partial charge in [0.2, 0.25) is 5.91 Å². The highest BCUT2D eigenvalue weighted by molar-refractivity contribution is 9.10. The van der Waals surface area contributed by atoms with Gasteiger partial charge >= 0.3 is 6.01 Å². The standard InChI is InChI=1S/C16H14BrN3O5S/c1-10-2-4-11(5-3-10)26(22,23)9-8-14(21)18-16-20-19-15(25-16)12-6-7-13(17)24-12/h2-7H,8-9H2,1H3,(H,18,20,21). The van der Waals surface area contributed by atoms with Crippen LogP contribution < -0.4 is 5.32 Å². The first-order chi connectivity index (χ1) is 12.3. The first-order valence-electron chi connectivity index (χ1n) is 7.52. The molecule has 0 fully saturated rings. The molecule has 0 aliphatic heterocycles. The molecule has 3 aromatic rings. The van der Waals surface area contributed by atoms with Gasteiger partial charge < -0.3 is 8.83 Å². The van der Waals surface area contributed by atoms with E-state index in [0.717, 1.165) is 5.56 Å². The van der Waals surface area contributed by atoms with Crippen LogP contribution in [0.2, 0.25) is 0 Å². The largest absolute Gasteiger partial charge is 0.444 e. The molecule has 8 nitrogen and oxygen atoms in total. The van der Waals surface area contributed by atoms with Crippen molar-refractivity contribution in [3.05, 3.63) is 46.6 Å². The topological polar surface area (TPSA) is 115 Å². The maximum atomic E-state index is 12.2. The molecule has 1 N–H and O–H groups in total. The Morgan fingerprint density at radius 3 is 2.50 bits per heavy atom. The van der Waals surface area contributed by atoms with Crippen LogP contribution in [-0.2, 0) is 14.6 Å². The maximum absolute atomic E-state index is 12.2. The minimum atomic E-state index is -3.55. The predicted molar refractivity (Wildman–Crippen MR) is 96.2 cm³/mol. The lowest BCUT2D eigenvalue weighted by molar-refractivity contribution is -0.115. The van der Waals surface area contributed by atoms with E-state index in [9.17, 15) is 13.2 Å². The number of furan rings is 1. The lowest BCUT2D eigenvalue weighted by Gasteiger charge is -2.04. The summed E-state index contributed by atoms with van der Waals surface area (Å²) in [6, 6.07) is 9.61. The summed E-state index contributed by atoms with van der Waals surface area (Å²) in [6.07, 6.45) is -0.236. The van der Waals surface area contributed by atoms with Crippen molar-refractivity contribution in [2.24, 2.45) is 0 Å². The Morgan fingerprint density at radius 1 is 1.12 bits per heavy atom. The highest BCUT2D eigenvalue weighted by Crippen LogP contribution is 2.25. The van der Waals surface area contributed by atoms with Gasteiger partial charge in [-0.15, -0.1) is 5.10 Å². The summed E-state index contributed by atoms with van der Waals surface area (Å²) in [6.45, 7) is 1.86. The minimum Gasteiger partial charge on any atom is -0.444 e. The molecule has 0 aliphatic rings. The Hall–Kier alpha value is -2.46. The summed E-state index contributed by atoms with van der Waals surface area (Å²) in [7, 11) is -3.55. The average molecular weight is 440 g/mol. The molecular weight excluding hydrogens is 426 g/mol. The molecule has 0 atom stereocenters. The van der Waals surface area contributed by atoms with Crippen LogP contribution in [0.5, 0.6) is 0 Å². The van der Waals surface area contributed by atoms with E-state index in [1.54, 1.807) is 24.3 Å². The number of hydrogen-bond acceptors (Lipinski definition) is 7. The number of nitrogens with one attached hydrogen (secondary N) is 1. The van der Waals surface area contributed by atoms with Gasteiger partial charge in [0.1, 0.15) is 0 Å². The van der Waals surface area contributed by atoms with Crippen molar-refractivity contribution in [3.63, 3.8) is 0 Å². The van der Waals surface area contributed by atoms with Gasteiger partial charge in [-0.25, -0.2) is 8.42 Å². The molecule has 3 rings (SSSR count). The monoisotopic (exact) mass is 439 g/mol. The predicted octanol–water partition coefficient (Wildman–Crippen LogP) is 3.20. The molecule has 136 valence electrons. The first kappa shape index (κ1) is 18.3. The number of carbonyl (C=O) groups excluding carboxylic acids is 1. The van der Waals surface area contributed by atoms with Gasteiger partial charge in [0, 0.05) is 6.42 Å². The molecule has 0 aliphatic carbocycles. The summed E-state index contributed by atoms with van der Waals surface area (Å²) >= 11 is 3.16. The van der Waals surface area contributed by atoms with Crippen molar-refractivity contribution in [2.75, 3.05) is 11.1 Å². The lowest BCUT2D eigenvalue weighted by Crippen LogP contribution is -2.17. The molecule has 1 aromatic carbocycles. The van der Waals surface area contributed by atoms with Gasteiger partial charge in [0.05, 0.1) is 10.6 Å². The number of halogens is 1. The molecule has 0 radical (unpaired) electrons. The van der Waals surface area contributed by atoms with Gasteiger partial charge in [-0.05, 0) is 47.1 Å². The quantitative estimate of drug-likeness (QED) is 0.626. The fraction of sp³-hybridized carbons (Fsp3) is 0.188. The Labute approximate surface area is 157 Å². The van der Waals surface area contributed by atoms with E-state index in [1.165, 1.54) is 12.1 Å². The summed E-state index contributed by atoms with van der Waals surface area (Å²) in [5, 5.41) is 9.81. The summed E-state index contributed by atoms with van der Waals surface area (Å²) < 4.78 is 35.5. The summed E-state index contributed by atoms with van der Waals surface area (Å²) in [5.41, 5.74) is 0.956. The third-order valence-corrected chi connectivity index (χ3v) is 5.59. The maximum Gasteiger partial charge on any atom is 0.322 e. The summed E-state index contributed by atoms with van der Waals surface area (Å²) in [5.74, 6) is -0.435. The zero-order valence-corrected chi connectivity index (χ0v) is 16.0. The Morgan fingerprint density at radius 2 is 1.85 bits per heavy atom. The van der Waals surface area contributed by atoms with Crippen molar-refractivity contribution >= 4 is 37.7 Å². The Balaban J connectivity index is 1.59. The number of aromatic nitrogens is 2. The second kappa shape index (κ2) is 7.42. The number of hydrogen-bond donors (Lipinski definition) is 1. The van der Waals surface area contributed by atoms with Crippen LogP contribution in [0.25, 0.3) is 11.7 Å². The average Bonchev–Trinajstić information content (AvgIpc) is 3.22. The van der Waals surface area contributed by atoms with Gasteiger partial charge in [-0.2, -0.15) is 0 Å². The van der Waals surface area contributed by atoms with Crippen molar-refractivity contribution in [1.82, 2.24) is 10.2 Å². The van der Waals surface area contributed by atoms with Gasteiger partial charge in [-0.1, -0.05) is 22.8 Å². The molecule has 26 heavy (non-hydrogen) atoms. The van der Waals surface area contributed by atoms with Crippen molar-refractivity contribution < 1.29 is 22.0 Å². The SMILES string of the molecule is Cc1ccc(S(=O)(=O)CCC(=O)Nc2nnc(-c3ccc(Br)o3)o2)cc1. The fourth-order valence-electron chi connectivity index (χ4n) is 2.07. The van der Waals surface area contributed by atoms with Crippen LogP contribution in [0.1, 0.15) is 12.0 Å². The number of anilines is 1. The molecule has 0 saturated carbocycles. The van der Waals surface area contributed by atoms with Crippen molar-refractivity contribution in [1.29, 1.82) is 0 Å². The van der Waals surface area contributed by atoms with Crippen LogP contribution in [0.3, 0.4) is 0 Å². The fourth-order valence-corrected chi connectivity index (χ4v) is 3.62. The molecule has 2 aromatic heterocycles. The normalized spacial score (nSPS) is 11.5. The molecule has 1 amide bonds. The highest BCUT2D eigenvalue weighted by atomic mass is 79.9. The molecular formula is C16H14BrN3O5S. The third-order valence-electron chi connectivity index (χ3n) is 3.43. The molecule has 0 saturated heterocycles. The van der Waals surface area contributed by atoms with Gasteiger partial charge in [0.15, 0.2) is 20.3 Å². The van der Waals surface area contributed by atoms with Crippen LogP contribution in [-0.4, -0.2) is 30.3 Å². The minimum absolute atomic E-state index is 0.0956. The van der Waals surface area contributed by atoms with Crippen LogP contribution in [0.15, 0.2) is 54.8 Å². The molecule has 0 unspecified atom stereocenters. The third kappa shape index (κ3) is 4.38. The van der Waals surface area contributed by atoms with E-state index in [-0.39, 0.29) is 29.0 Å². The van der Waals surface area contributed by atoms with Gasteiger partial charge in [0.25, 0.3) is 5.89 Å². The smallest absolute Gasteiger partial charge is 0.322 e.